The van der Waals surface area contributed by atoms with Crippen molar-refractivity contribution < 1.29 is 22.8 Å². The smallest absolute Gasteiger partial charge is 0.266 e. The van der Waals surface area contributed by atoms with E-state index in [4.69, 9.17) is 5.73 Å². The van der Waals surface area contributed by atoms with Crippen LogP contribution in [0.25, 0.3) is 11.1 Å². The highest BCUT2D eigenvalue weighted by molar-refractivity contribution is 6.09. The summed E-state index contributed by atoms with van der Waals surface area (Å²) in [6, 6.07) is 11.0. The number of likely N-dealkylation sites (N-methyl/N-ethyl adjacent to an activating group) is 1. The number of rotatable bonds is 7. The first kappa shape index (κ1) is 23.2. The molecule has 1 aromatic carbocycles. The number of benzene rings is 1. The molecule has 1 aliphatic rings. The van der Waals surface area contributed by atoms with E-state index in [9.17, 15) is 22.8 Å². The second-order valence-electron chi connectivity index (χ2n) is 7.90. The Balaban J connectivity index is 1.96. The maximum absolute atomic E-state index is 14.4. The van der Waals surface area contributed by atoms with Gasteiger partial charge in [0.15, 0.2) is 17.3 Å². The predicted molar refractivity (Wildman–Crippen MR) is 120 cm³/mol. The van der Waals surface area contributed by atoms with Crippen LogP contribution in [-0.2, 0) is 16.9 Å². The van der Waals surface area contributed by atoms with Crippen LogP contribution in [0.3, 0.4) is 0 Å². The molecule has 10 heteroatoms. The Morgan fingerprint density at radius 1 is 1.18 bits per heavy atom. The van der Waals surface area contributed by atoms with Crippen molar-refractivity contribution in [2.45, 2.75) is 31.9 Å². The van der Waals surface area contributed by atoms with Crippen LogP contribution in [-0.4, -0.2) is 45.6 Å². The zero-order valence-corrected chi connectivity index (χ0v) is 18.5. The van der Waals surface area contributed by atoms with Gasteiger partial charge in [0.2, 0.25) is 5.95 Å². The molecule has 0 unspecified atom stereocenters. The van der Waals surface area contributed by atoms with Gasteiger partial charge in [-0.15, -0.1) is 0 Å². The molecule has 1 aliphatic heterocycles. The highest BCUT2D eigenvalue weighted by atomic mass is 19.3. The molecule has 0 aliphatic carbocycles. The van der Waals surface area contributed by atoms with Crippen LogP contribution in [0.15, 0.2) is 59.9 Å². The minimum absolute atomic E-state index is 0.0442. The van der Waals surface area contributed by atoms with Gasteiger partial charge in [-0.1, -0.05) is 25.1 Å². The number of amides is 1. The van der Waals surface area contributed by atoms with Crippen LogP contribution < -0.4 is 5.73 Å². The van der Waals surface area contributed by atoms with Gasteiger partial charge in [-0.25, -0.2) is 18.8 Å². The van der Waals surface area contributed by atoms with Crippen LogP contribution in [0.2, 0.25) is 0 Å². The topological polar surface area (TPSA) is 93.6 Å². The number of alkyl halides is 2. The van der Waals surface area contributed by atoms with E-state index in [1.807, 2.05) is 0 Å². The average Bonchev–Trinajstić information content (AvgIpc) is 3.33. The summed E-state index contributed by atoms with van der Waals surface area (Å²) in [6.45, 7) is 0.898. The number of ketones is 1. The number of hydrogen-bond donors (Lipinski definition) is 1. The molecule has 0 fully saturated rings. The maximum atomic E-state index is 14.4. The minimum Gasteiger partial charge on any atom is -0.369 e. The van der Waals surface area contributed by atoms with Gasteiger partial charge in [-0.05, 0) is 35.4 Å². The molecular weight excluding hydrogens is 447 g/mol. The van der Waals surface area contributed by atoms with Crippen molar-refractivity contribution >= 4 is 17.6 Å². The molecule has 176 valence electrons. The number of carbonyl (C=O) groups excluding carboxylic acids is 2. The SMILES string of the molecule is CCC(=O)c1cc([C@]2(c3cccc(-c4cccnc4F)c3)N=C(N)N(C)C2=O)cn1CC(F)F. The Morgan fingerprint density at radius 2 is 1.94 bits per heavy atom. The van der Waals surface area contributed by atoms with Crippen molar-refractivity contribution in [1.82, 2.24) is 14.5 Å². The Hall–Kier alpha value is -3.95. The van der Waals surface area contributed by atoms with Gasteiger partial charge in [0.05, 0.1) is 12.2 Å². The van der Waals surface area contributed by atoms with Gasteiger partial charge in [0.25, 0.3) is 12.3 Å². The zero-order chi connectivity index (χ0) is 24.6. The predicted octanol–water partition coefficient (Wildman–Crippen LogP) is 3.58. The third-order valence-electron chi connectivity index (χ3n) is 5.85. The summed E-state index contributed by atoms with van der Waals surface area (Å²) in [7, 11) is 1.45. The van der Waals surface area contributed by atoms with Gasteiger partial charge < -0.3 is 10.3 Å². The number of nitrogens with two attached hydrogens (primary N) is 1. The molecule has 1 atom stereocenters. The van der Waals surface area contributed by atoms with Crippen LogP contribution >= 0.6 is 0 Å². The summed E-state index contributed by atoms with van der Waals surface area (Å²) in [5.41, 5.74) is 5.52. The third-order valence-corrected chi connectivity index (χ3v) is 5.85. The lowest BCUT2D eigenvalue weighted by atomic mass is 9.83. The highest BCUT2D eigenvalue weighted by Gasteiger charge is 2.50. The fraction of sp³-hybridized carbons (Fsp3) is 0.250. The van der Waals surface area contributed by atoms with Crippen molar-refractivity contribution in [2.75, 3.05) is 7.05 Å². The van der Waals surface area contributed by atoms with Gasteiger partial charge in [0, 0.05) is 37.0 Å². The first-order chi connectivity index (χ1) is 16.2. The fourth-order valence-electron chi connectivity index (χ4n) is 4.12. The van der Waals surface area contributed by atoms with Crippen LogP contribution in [0.1, 0.15) is 35.0 Å². The first-order valence-electron chi connectivity index (χ1n) is 10.6. The Bertz CT molecular complexity index is 1300. The van der Waals surface area contributed by atoms with Gasteiger partial charge in [-0.2, -0.15) is 4.39 Å². The number of aromatic nitrogens is 2. The molecule has 2 aromatic heterocycles. The third kappa shape index (κ3) is 3.74. The van der Waals surface area contributed by atoms with Crippen molar-refractivity contribution in [1.29, 1.82) is 0 Å². The molecular formula is C24H22F3N5O2. The lowest BCUT2D eigenvalue weighted by molar-refractivity contribution is -0.129. The first-order valence-corrected chi connectivity index (χ1v) is 10.6. The van der Waals surface area contributed by atoms with E-state index in [1.165, 1.54) is 25.5 Å². The van der Waals surface area contributed by atoms with Crippen molar-refractivity contribution in [3.63, 3.8) is 0 Å². The molecule has 3 aromatic rings. The van der Waals surface area contributed by atoms with E-state index in [0.29, 0.717) is 11.1 Å². The van der Waals surface area contributed by atoms with E-state index in [1.54, 1.807) is 43.3 Å². The molecule has 3 heterocycles. The van der Waals surface area contributed by atoms with E-state index >= 15 is 0 Å². The lowest BCUT2D eigenvalue weighted by Gasteiger charge is -2.25. The Morgan fingerprint density at radius 3 is 2.56 bits per heavy atom. The molecule has 2 N–H and O–H groups in total. The van der Waals surface area contributed by atoms with E-state index in [-0.39, 0.29) is 35.0 Å². The number of hydrogen-bond acceptors (Lipinski definition) is 5. The van der Waals surface area contributed by atoms with Gasteiger partial charge in [-0.3, -0.25) is 14.5 Å². The zero-order valence-electron chi connectivity index (χ0n) is 18.5. The molecule has 4 rings (SSSR count). The summed E-state index contributed by atoms with van der Waals surface area (Å²) in [5, 5.41) is 0. The van der Waals surface area contributed by atoms with Crippen molar-refractivity contribution in [3.05, 3.63) is 77.6 Å². The summed E-state index contributed by atoms with van der Waals surface area (Å²) >= 11 is 0. The number of aliphatic imine (C=N–C) groups is 1. The quantitative estimate of drug-likeness (QED) is 0.423. The standard InChI is InChI=1S/C24H22F3N5O2/c1-3-19(33)18-11-16(12-32(18)13-20(25)26)24(22(34)31(2)23(28)30-24)15-7-4-6-14(10-15)17-8-5-9-29-21(17)27/h4-12,20H,3,13H2,1-2H3,(H2,28,30)/t24-/m0/s1. The van der Waals surface area contributed by atoms with Crippen molar-refractivity contribution in [3.8, 4) is 11.1 Å². The largest absolute Gasteiger partial charge is 0.369 e. The number of guanidine groups is 1. The summed E-state index contributed by atoms with van der Waals surface area (Å²) in [5.74, 6) is -1.65. The number of pyridine rings is 1. The number of nitrogens with zero attached hydrogens (tertiary/aromatic N) is 4. The number of carbonyl (C=O) groups is 2. The highest BCUT2D eigenvalue weighted by Crippen LogP contribution is 2.41. The molecule has 0 bridgehead atoms. The van der Waals surface area contributed by atoms with E-state index in [2.05, 4.69) is 9.98 Å². The molecule has 0 radical (unpaired) electrons. The summed E-state index contributed by atoms with van der Waals surface area (Å²) < 4.78 is 42.0. The number of Topliss-reactive ketones (excluding diaryl/α,β-unsaturated/α-hetero) is 1. The fourth-order valence-corrected chi connectivity index (χ4v) is 4.12. The molecule has 0 saturated heterocycles. The molecule has 0 saturated carbocycles. The van der Waals surface area contributed by atoms with Crippen LogP contribution in [0, 0.1) is 5.95 Å². The summed E-state index contributed by atoms with van der Waals surface area (Å²) in [6.07, 6.45) is 0.0319. The van der Waals surface area contributed by atoms with Gasteiger partial charge in [0.1, 0.15) is 0 Å². The Labute approximate surface area is 193 Å². The van der Waals surface area contributed by atoms with Crippen LogP contribution in [0.4, 0.5) is 13.2 Å². The number of halogens is 3. The molecule has 34 heavy (non-hydrogen) atoms. The normalized spacial score (nSPS) is 18.0. The monoisotopic (exact) mass is 469 g/mol. The molecule has 7 nitrogen and oxygen atoms in total. The van der Waals surface area contributed by atoms with E-state index < -0.39 is 30.4 Å². The van der Waals surface area contributed by atoms with E-state index in [0.717, 1.165) is 9.47 Å². The molecule has 0 spiro atoms. The van der Waals surface area contributed by atoms with Gasteiger partial charge >= 0.3 is 0 Å². The summed E-state index contributed by atoms with van der Waals surface area (Å²) in [4.78, 5) is 35.3. The molecule has 1 amide bonds. The average molecular weight is 469 g/mol. The van der Waals surface area contributed by atoms with Crippen molar-refractivity contribution in [2.24, 2.45) is 10.7 Å². The second-order valence-corrected chi connectivity index (χ2v) is 7.90. The minimum atomic E-state index is -2.72. The van der Waals surface area contributed by atoms with Crippen LogP contribution in [0.5, 0.6) is 0 Å². The second kappa shape index (κ2) is 8.77. The lowest BCUT2D eigenvalue weighted by Crippen LogP contribution is -2.41. The Kier molecular flexibility index (Phi) is 5.99. The maximum Gasteiger partial charge on any atom is 0.266 e.